The first-order valence-electron chi connectivity index (χ1n) is 3.49. The number of rotatable bonds is 2. The highest BCUT2D eigenvalue weighted by molar-refractivity contribution is 5.77. The lowest BCUT2D eigenvalue weighted by molar-refractivity contribution is -0.129. The molecule has 1 rings (SSSR count). The molecule has 0 aromatic rings. The van der Waals surface area contributed by atoms with E-state index in [0.29, 0.717) is 13.0 Å². The number of hydrogen-bond donors (Lipinski definition) is 2. The minimum absolute atomic E-state index is 0.0505. The maximum absolute atomic E-state index is 10.9. The summed E-state index contributed by atoms with van der Waals surface area (Å²) in [6.45, 7) is 3.25. The van der Waals surface area contributed by atoms with Crippen LogP contribution in [-0.4, -0.2) is 30.0 Å². The van der Waals surface area contributed by atoms with Crippen LogP contribution in [0.1, 0.15) is 13.3 Å². The fourth-order valence-electron chi connectivity index (χ4n) is 0.975. The third-order valence-corrected chi connectivity index (χ3v) is 1.41. The topological polar surface area (TPSA) is 58.4 Å². The van der Waals surface area contributed by atoms with Crippen LogP contribution in [0.15, 0.2) is 0 Å². The van der Waals surface area contributed by atoms with Crippen molar-refractivity contribution in [3.8, 4) is 0 Å². The summed E-state index contributed by atoms with van der Waals surface area (Å²) >= 11 is 0. The molecule has 0 spiro atoms. The van der Waals surface area contributed by atoms with Crippen molar-refractivity contribution in [3.05, 3.63) is 0 Å². The number of amides is 1. The van der Waals surface area contributed by atoms with Crippen LogP contribution >= 0.6 is 0 Å². The average molecular weight is 143 g/mol. The molecule has 1 aliphatic rings. The molecule has 4 nitrogen and oxygen atoms in total. The van der Waals surface area contributed by atoms with E-state index in [9.17, 15) is 4.79 Å². The fourth-order valence-corrected chi connectivity index (χ4v) is 0.975. The number of carbonyl (C=O) groups is 1. The molecule has 1 atom stereocenters. The van der Waals surface area contributed by atoms with Crippen LogP contribution < -0.4 is 11.2 Å². The molecule has 0 radical (unpaired) electrons. The second-order valence-electron chi connectivity index (χ2n) is 2.64. The molecule has 1 amide bonds. The van der Waals surface area contributed by atoms with E-state index in [1.807, 2.05) is 6.92 Å². The molecule has 0 bridgehead atoms. The number of carbonyl (C=O) groups excluding carboxylic acids is 1. The molecule has 1 heterocycles. The number of nitrogens with zero attached hydrogens (tertiary/aromatic N) is 1. The summed E-state index contributed by atoms with van der Waals surface area (Å²) in [4.78, 5) is 10.9. The van der Waals surface area contributed by atoms with E-state index in [2.05, 4.69) is 5.43 Å². The summed E-state index contributed by atoms with van der Waals surface area (Å²) in [5.41, 5.74) is 8.44. The summed E-state index contributed by atoms with van der Waals surface area (Å²) in [6, 6.07) is 0.0505. The Balaban J connectivity index is 2.33. The molecular formula is C6H13N3O. The standard InChI is InChI=1S/C6H13N3O/c1-5(7)4-9-6(10)2-3-8-9/h5,8H,2-4,7H2,1H3. The van der Waals surface area contributed by atoms with Gasteiger partial charge in [0.2, 0.25) is 5.91 Å². The van der Waals surface area contributed by atoms with Crippen molar-refractivity contribution in [2.75, 3.05) is 13.1 Å². The monoisotopic (exact) mass is 143 g/mol. The van der Waals surface area contributed by atoms with Gasteiger partial charge < -0.3 is 5.73 Å². The second kappa shape index (κ2) is 2.98. The predicted octanol–water partition coefficient (Wildman–Crippen LogP) is -0.929. The van der Waals surface area contributed by atoms with Crippen molar-refractivity contribution < 1.29 is 4.79 Å². The van der Waals surface area contributed by atoms with Crippen LogP contribution in [0, 0.1) is 0 Å². The lowest BCUT2D eigenvalue weighted by atomic mass is 10.3. The number of hydrogen-bond acceptors (Lipinski definition) is 3. The first-order valence-corrected chi connectivity index (χ1v) is 3.49. The summed E-state index contributed by atoms with van der Waals surface area (Å²) in [5, 5.41) is 1.59. The Morgan fingerprint density at radius 3 is 3.00 bits per heavy atom. The molecule has 0 aromatic heterocycles. The van der Waals surface area contributed by atoms with Crippen molar-refractivity contribution in [1.82, 2.24) is 10.4 Å². The van der Waals surface area contributed by atoms with Crippen LogP contribution in [0.3, 0.4) is 0 Å². The average Bonchev–Trinajstić information content (AvgIpc) is 2.15. The fraction of sp³-hybridized carbons (Fsp3) is 0.833. The largest absolute Gasteiger partial charge is 0.326 e. The number of hydrazine groups is 1. The number of nitrogens with one attached hydrogen (secondary N) is 1. The molecule has 0 saturated carbocycles. The first-order chi connectivity index (χ1) is 4.70. The smallest absolute Gasteiger partial charge is 0.238 e. The van der Waals surface area contributed by atoms with Crippen molar-refractivity contribution in [2.45, 2.75) is 19.4 Å². The van der Waals surface area contributed by atoms with E-state index in [4.69, 9.17) is 5.73 Å². The van der Waals surface area contributed by atoms with Gasteiger partial charge in [0, 0.05) is 19.0 Å². The van der Waals surface area contributed by atoms with Crippen molar-refractivity contribution in [3.63, 3.8) is 0 Å². The third-order valence-electron chi connectivity index (χ3n) is 1.41. The highest BCUT2D eigenvalue weighted by atomic mass is 16.2. The molecule has 58 valence electrons. The van der Waals surface area contributed by atoms with Crippen LogP contribution in [0.2, 0.25) is 0 Å². The molecule has 1 unspecified atom stereocenters. The summed E-state index contributed by atoms with van der Waals surface area (Å²) in [5.74, 6) is 0.150. The molecule has 0 aromatic carbocycles. The predicted molar refractivity (Wildman–Crippen MR) is 38.0 cm³/mol. The Morgan fingerprint density at radius 2 is 2.60 bits per heavy atom. The highest BCUT2D eigenvalue weighted by Gasteiger charge is 2.19. The maximum Gasteiger partial charge on any atom is 0.238 e. The van der Waals surface area contributed by atoms with E-state index >= 15 is 0 Å². The Morgan fingerprint density at radius 1 is 1.90 bits per heavy atom. The van der Waals surface area contributed by atoms with Crippen molar-refractivity contribution in [1.29, 1.82) is 0 Å². The zero-order valence-corrected chi connectivity index (χ0v) is 6.13. The van der Waals surface area contributed by atoms with Crippen LogP contribution in [0.5, 0.6) is 0 Å². The van der Waals surface area contributed by atoms with Gasteiger partial charge in [0.1, 0.15) is 0 Å². The van der Waals surface area contributed by atoms with Gasteiger partial charge in [-0.2, -0.15) is 0 Å². The molecular weight excluding hydrogens is 130 g/mol. The first kappa shape index (κ1) is 7.50. The summed E-state index contributed by atoms with van der Waals surface area (Å²) in [6.07, 6.45) is 0.604. The Bertz CT molecular complexity index is 135. The van der Waals surface area contributed by atoms with Gasteiger partial charge in [-0.3, -0.25) is 9.80 Å². The SMILES string of the molecule is CC(N)CN1NCCC1=O. The lowest BCUT2D eigenvalue weighted by Crippen LogP contribution is -2.42. The van der Waals surface area contributed by atoms with Gasteiger partial charge in [-0.15, -0.1) is 0 Å². The zero-order valence-electron chi connectivity index (χ0n) is 6.13. The molecule has 1 saturated heterocycles. The minimum Gasteiger partial charge on any atom is -0.326 e. The molecule has 1 aliphatic heterocycles. The van der Waals surface area contributed by atoms with Gasteiger partial charge in [-0.25, -0.2) is 5.43 Å². The molecule has 1 fully saturated rings. The van der Waals surface area contributed by atoms with E-state index in [1.165, 1.54) is 0 Å². The molecule has 3 N–H and O–H groups in total. The van der Waals surface area contributed by atoms with Gasteiger partial charge in [0.25, 0.3) is 0 Å². The van der Waals surface area contributed by atoms with E-state index in [1.54, 1.807) is 5.01 Å². The Labute approximate surface area is 60.3 Å². The second-order valence-corrected chi connectivity index (χ2v) is 2.64. The quantitative estimate of drug-likeness (QED) is 0.525. The van der Waals surface area contributed by atoms with E-state index in [0.717, 1.165) is 6.54 Å². The van der Waals surface area contributed by atoms with E-state index < -0.39 is 0 Å². The van der Waals surface area contributed by atoms with Gasteiger partial charge in [-0.1, -0.05) is 0 Å². The Kier molecular flexibility index (Phi) is 2.24. The normalized spacial score (nSPS) is 21.8. The van der Waals surface area contributed by atoms with E-state index in [-0.39, 0.29) is 11.9 Å². The lowest BCUT2D eigenvalue weighted by Gasteiger charge is -2.17. The highest BCUT2D eigenvalue weighted by Crippen LogP contribution is 1.98. The summed E-state index contributed by atoms with van der Waals surface area (Å²) < 4.78 is 0. The molecule has 10 heavy (non-hydrogen) atoms. The third kappa shape index (κ3) is 1.68. The maximum atomic E-state index is 10.9. The molecule has 0 aliphatic carbocycles. The zero-order chi connectivity index (χ0) is 7.56. The number of nitrogens with two attached hydrogens (primary N) is 1. The van der Waals surface area contributed by atoms with Crippen LogP contribution in [0.25, 0.3) is 0 Å². The van der Waals surface area contributed by atoms with Crippen LogP contribution in [0.4, 0.5) is 0 Å². The van der Waals surface area contributed by atoms with Gasteiger partial charge in [0.15, 0.2) is 0 Å². The summed E-state index contributed by atoms with van der Waals surface area (Å²) in [7, 11) is 0. The van der Waals surface area contributed by atoms with Gasteiger partial charge >= 0.3 is 0 Å². The van der Waals surface area contributed by atoms with Crippen molar-refractivity contribution in [2.24, 2.45) is 5.73 Å². The molecule has 4 heteroatoms. The van der Waals surface area contributed by atoms with Crippen molar-refractivity contribution >= 4 is 5.91 Å². The Hall–Kier alpha value is -0.610. The van der Waals surface area contributed by atoms with Gasteiger partial charge in [-0.05, 0) is 6.92 Å². The van der Waals surface area contributed by atoms with Crippen LogP contribution in [-0.2, 0) is 4.79 Å². The van der Waals surface area contributed by atoms with Gasteiger partial charge in [0.05, 0.1) is 6.54 Å². The minimum atomic E-state index is 0.0505.